The van der Waals surface area contributed by atoms with Crippen molar-refractivity contribution in [2.24, 2.45) is 5.73 Å². The Morgan fingerprint density at radius 1 is 1.33 bits per heavy atom. The fourth-order valence-corrected chi connectivity index (χ4v) is 3.44. The monoisotopic (exact) mass is 326 g/mol. The number of rotatable bonds is 4. The molecule has 7 heteroatoms. The Hall–Kier alpha value is -2.28. The van der Waals surface area contributed by atoms with Crippen LogP contribution >= 0.6 is 0 Å². The van der Waals surface area contributed by atoms with Crippen molar-refractivity contribution in [1.82, 2.24) is 24.6 Å². The van der Waals surface area contributed by atoms with Crippen molar-refractivity contribution in [1.29, 1.82) is 0 Å². The largest absolute Gasteiger partial charge is 0.332 e. The number of aromatic nitrogens is 4. The maximum absolute atomic E-state index is 12.7. The van der Waals surface area contributed by atoms with E-state index in [4.69, 9.17) is 5.73 Å². The van der Waals surface area contributed by atoms with Crippen LogP contribution in [-0.4, -0.2) is 43.1 Å². The Balaban J connectivity index is 1.47. The second-order valence-electron chi connectivity index (χ2n) is 6.85. The summed E-state index contributed by atoms with van der Waals surface area (Å²) >= 11 is 0. The van der Waals surface area contributed by atoms with Gasteiger partial charge in [0.25, 0.3) is 0 Å². The second-order valence-corrected chi connectivity index (χ2v) is 6.85. The molecule has 4 rings (SSSR count). The summed E-state index contributed by atoms with van der Waals surface area (Å²) in [6.45, 7) is 3.27. The van der Waals surface area contributed by atoms with Gasteiger partial charge in [-0.2, -0.15) is 0 Å². The molecular formula is C17H22N6O. The molecule has 24 heavy (non-hydrogen) atoms. The van der Waals surface area contributed by atoms with Crippen molar-refractivity contribution in [2.75, 3.05) is 6.54 Å². The van der Waals surface area contributed by atoms with Crippen molar-refractivity contribution in [3.63, 3.8) is 0 Å². The van der Waals surface area contributed by atoms with Gasteiger partial charge in [0.05, 0.1) is 18.6 Å². The molecule has 126 valence electrons. The summed E-state index contributed by atoms with van der Waals surface area (Å²) in [7, 11) is 0. The quantitative estimate of drug-likeness (QED) is 0.906. The van der Waals surface area contributed by atoms with E-state index in [2.05, 4.69) is 26.7 Å². The maximum Gasteiger partial charge on any atom is 0.240 e. The lowest BCUT2D eigenvalue weighted by Gasteiger charge is -2.34. The third-order valence-corrected chi connectivity index (χ3v) is 4.83. The van der Waals surface area contributed by atoms with Gasteiger partial charge < -0.3 is 15.2 Å². The summed E-state index contributed by atoms with van der Waals surface area (Å²) in [4.78, 5) is 18.5. The van der Waals surface area contributed by atoms with Crippen LogP contribution in [0.1, 0.15) is 48.9 Å². The minimum absolute atomic E-state index is 0.0270. The first kappa shape index (κ1) is 15.3. The number of hydrogen-bond acceptors (Lipinski definition) is 5. The molecule has 7 nitrogen and oxygen atoms in total. The van der Waals surface area contributed by atoms with E-state index in [0.29, 0.717) is 25.4 Å². The van der Waals surface area contributed by atoms with E-state index >= 15 is 0 Å². The summed E-state index contributed by atoms with van der Waals surface area (Å²) in [6.07, 6.45) is 6.36. The summed E-state index contributed by atoms with van der Waals surface area (Å²) < 4.78 is 2.22. The van der Waals surface area contributed by atoms with E-state index in [1.165, 1.54) is 12.8 Å². The lowest BCUT2D eigenvalue weighted by atomic mass is 10.1. The first-order valence-corrected chi connectivity index (χ1v) is 8.50. The molecule has 1 fully saturated rings. The highest BCUT2D eigenvalue weighted by atomic mass is 16.2. The van der Waals surface area contributed by atoms with Crippen LogP contribution in [0.3, 0.4) is 0 Å². The first-order chi connectivity index (χ1) is 11.6. The number of pyridine rings is 1. The number of carbonyl (C=O) groups is 1. The third-order valence-electron chi connectivity index (χ3n) is 4.83. The van der Waals surface area contributed by atoms with Crippen LogP contribution in [0.4, 0.5) is 0 Å². The van der Waals surface area contributed by atoms with Gasteiger partial charge in [-0.3, -0.25) is 9.78 Å². The lowest BCUT2D eigenvalue weighted by molar-refractivity contribution is -0.134. The predicted octanol–water partition coefficient (Wildman–Crippen LogP) is 1.02. The number of fused-ring (bicyclic) bond motifs is 1. The predicted molar refractivity (Wildman–Crippen MR) is 88.0 cm³/mol. The standard InChI is InChI=1S/C17H22N6O/c1-11-9-22(10-15-20-21-16(23(11)15)13-2-3-13)17(24)14(18)8-12-4-6-19-7-5-12/h4-7,11,13-14H,2-3,8-10,18H2,1H3/t11-,14-/m0/s1. The van der Waals surface area contributed by atoms with Crippen molar-refractivity contribution >= 4 is 5.91 Å². The molecule has 0 bridgehead atoms. The molecular weight excluding hydrogens is 304 g/mol. The topological polar surface area (TPSA) is 89.9 Å². The normalized spacial score (nSPS) is 21.4. The molecule has 2 aliphatic rings. The molecule has 2 N–H and O–H groups in total. The number of nitrogens with zero attached hydrogens (tertiary/aromatic N) is 5. The van der Waals surface area contributed by atoms with Gasteiger partial charge in [-0.15, -0.1) is 10.2 Å². The Morgan fingerprint density at radius 2 is 2.08 bits per heavy atom. The number of amides is 1. The van der Waals surface area contributed by atoms with Crippen LogP contribution < -0.4 is 5.73 Å². The minimum atomic E-state index is -0.544. The smallest absolute Gasteiger partial charge is 0.240 e. The van der Waals surface area contributed by atoms with Crippen LogP contribution in [0, 0.1) is 0 Å². The van der Waals surface area contributed by atoms with Gasteiger partial charge in [0.2, 0.25) is 5.91 Å². The average molecular weight is 326 g/mol. The Bertz CT molecular complexity index is 739. The summed E-state index contributed by atoms with van der Waals surface area (Å²) in [5.41, 5.74) is 7.18. The van der Waals surface area contributed by atoms with Crippen LogP contribution in [0.25, 0.3) is 0 Å². The Morgan fingerprint density at radius 3 is 2.79 bits per heavy atom. The molecule has 1 aliphatic heterocycles. The molecule has 0 spiro atoms. The van der Waals surface area contributed by atoms with Crippen LogP contribution in [0.2, 0.25) is 0 Å². The zero-order chi connectivity index (χ0) is 16.7. The van der Waals surface area contributed by atoms with Crippen molar-refractivity contribution < 1.29 is 4.79 Å². The van der Waals surface area contributed by atoms with Gasteiger partial charge in [0, 0.05) is 24.9 Å². The molecule has 2 aromatic rings. The molecule has 0 saturated heterocycles. The van der Waals surface area contributed by atoms with E-state index in [-0.39, 0.29) is 11.9 Å². The maximum atomic E-state index is 12.7. The number of carbonyl (C=O) groups excluding carboxylic acids is 1. The minimum Gasteiger partial charge on any atom is -0.332 e. The molecule has 1 amide bonds. The van der Waals surface area contributed by atoms with Crippen molar-refractivity contribution in [2.45, 2.75) is 50.7 Å². The lowest BCUT2D eigenvalue weighted by Crippen LogP contribution is -2.48. The van der Waals surface area contributed by atoms with Gasteiger partial charge in [-0.1, -0.05) is 0 Å². The van der Waals surface area contributed by atoms with E-state index in [0.717, 1.165) is 17.2 Å². The zero-order valence-electron chi connectivity index (χ0n) is 13.8. The van der Waals surface area contributed by atoms with E-state index in [9.17, 15) is 4.79 Å². The van der Waals surface area contributed by atoms with Gasteiger partial charge in [-0.25, -0.2) is 0 Å². The Labute approximate surface area is 140 Å². The Kier molecular flexibility index (Phi) is 3.80. The second kappa shape index (κ2) is 5.98. The average Bonchev–Trinajstić information content (AvgIpc) is 3.34. The summed E-state index contributed by atoms with van der Waals surface area (Å²) in [5.74, 6) is 2.50. The SMILES string of the molecule is C[C@H]1CN(C(=O)[C@@H](N)Cc2ccncc2)Cc2nnc(C3CC3)n21. The van der Waals surface area contributed by atoms with Crippen LogP contribution in [-0.2, 0) is 17.8 Å². The highest BCUT2D eigenvalue weighted by Gasteiger charge is 2.36. The fourth-order valence-electron chi connectivity index (χ4n) is 3.44. The number of nitrogens with two attached hydrogens (primary N) is 1. The molecule has 1 saturated carbocycles. The van der Waals surface area contributed by atoms with E-state index < -0.39 is 6.04 Å². The van der Waals surface area contributed by atoms with Gasteiger partial charge in [0.15, 0.2) is 5.82 Å². The third kappa shape index (κ3) is 2.80. The first-order valence-electron chi connectivity index (χ1n) is 8.50. The molecule has 0 unspecified atom stereocenters. The van der Waals surface area contributed by atoms with E-state index in [1.807, 2.05) is 17.0 Å². The highest BCUT2D eigenvalue weighted by Crippen LogP contribution is 2.41. The molecule has 2 aromatic heterocycles. The molecule has 3 heterocycles. The molecule has 0 aromatic carbocycles. The van der Waals surface area contributed by atoms with Crippen LogP contribution in [0.15, 0.2) is 24.5 Å². The van der Waals surface area contributed by atoms with Gasteiger partial charge >= 0.3 is 0 Å². The van der Waals surface area contributed by atoms with Crippen LogP contribution in [0.5, 0.6) is 0 Å². The zero-order valence-corrected chi connectivity index (χ0v) is 13.8. The highest BCUT2D eigenvalue weighted by molar-refractivity contribution is 5.82. The molecule has 0 radical (unpaired) electrons. The van der Waals surface area contributed by atoms with Gasteiger partial charge in [-0.05, 0) is 43.9 Å². The van der Waals surface area contributed by atoms with Crippen molar-refractivity contribution in [3.05, 3.63) is 41.7 Å². The summed E-state index contributed by atoms with van der Waals surface area (Å²) in [6, 6.07) is 3.43. The fraction of sp³-hybridized carbons (Fsp3) is 0.529. The van der Waals surface area contributed by atoms with E-state index in [1.54, 1.807) is 12.4 Å². The van der Waals surface area contributed by atoms with Gasteiger partial charge in [0.1, 0.15) is 5.82 Å². The van der Waals surface area contributed by atoms with Crippen molar-refractivity contribution in [3.8, 4) is 0 Å². The molecule has 1 aliphatic carbocycles. The molecule has 2 atom stereocenters. The summed E-state index contributed by atoms with van der Waals surface area (Å²) in [5, 5.41) is 8.67. The number of hydrogen-bond donors (Lipinski definition) is 1.